The lowest BCUT2D eigenvalue weighted by Crippen LogP contribution is -2.40. The fourth-order valence-corrected chi connectivity index (χ4v) is 3.75. The van der Waals surface area contributed by atoms with Crippen molar-refractivity contribution in [1.82, 2.24) is 15.3 Å². The third-order valence-corrected chi connectivity index (χ3v) is 5.57. The average molecular weight is 446 g/mol. The number of hydrogen-bond acceptors (Lipinski definition) is 6. The van der Waals surface area contributed by atoms with Crippen LogP contribution in [0.1, 0.15) is 52.1 Å². The molecule has 1 aliphatic heterocycles. The summed E-state index contributed by atoms with van der Waals surface area (Å²) in [5, 5.41) is 2.93. The number of piperidine rings is 1. The van der Waals surface area contributed by atoms with E-state index in [1.54, 1.807) is 12.4 Å². The molecule has 1 N–H and O–H groups in total. The molecule has 9 heteroatoms. The molecule has 2 fully saturated rings. The van der Waals surface area contributed by atoms with Crippen LogP contribution in [0.3, 0.4) is 0 Å². The van der Waals surface area contributed by atoms with Gasteiger partial charge in [0, 0.05) is 32.0 Å². The van der Waals surface area contributed by atoms with E-state index in [2.05, 4.69) is 20.2 Å². The van der Waals surface area contributed by atoms with Gasteiger partial charge in [0.25, 0.3) is 0 Å². The van der Waals surface area contributed by atoms with Gasteiger partial charge in [-0.1, -0.05) is 0 Å². The molecule has 1 saturated heterocycles. The Bertz CT molecular complexity index is 966. The first-order valence-corrected chi connectivity index (χ1v) is 10.8. The summed E-state index contributed by atoms with van der Waals surface area (Å²) in [6.07, 6.45) is 5.77. The molecule has 2 aromatic rings. The lowest BCUT2D eigenvalue weighted by Gasteiger charge is -2.33. The SMILES string of the molecule is CC(C)(C)OC(=O)NC1(c2cnc(N3CCC(Oc4ccc(F)cc4F)CC3)cn2)CC1. The number of carbonyl (C=O) groups excluding carboxylic acids is 1. The van der Waals surface area contributed by atoms with Crippen LogP contribution in [-0.4, -0.2) is 40.9 Å². The normalized spacial score (nSPS) is 18.2. The van der Waals surface area contributed by atoms with Gasteiger partial charge in [-0.05, 0) is 45.7 Å². The van der Waals surface area contributed by atoms with Crippen LogP contribution in [0.4, 0.5) is 19.4 Å². The van der Waals surface area contributed by atoms with Crippen LogP contribution in [0.15, 0.2) is 30.6 Å². The van der Waals surface area contributed by atoms with E-state index in [0.717, 1.165) is 30.4 Å². The fraction of sp³-hybridized carbons (Fsp3) is 0.522. The Labute approximate surface area is 186 Å². The largest absolute Gasteiger partial charge is 0.487 e. The number of ether oxygens (including phenoxy) is 2. The van der Waals surface area contributed by atoms with Gasteiger partial charge in [-0.15, -0.1) is 0 Å². The molecule has 32 heavy (non-hydrogen) atoms. The molecule has 1 aromatic heterocycles. The average Bonchev–Trinajstić information content (AvgIpc) is 3.50. The minimum atomic E-state index is -0.692. The number of anilines is 1. The van der Waals surface area contributed by atoms with Gasteiger partial charge in [0.05, 0.1) is 23.6 Å². The minimum Gasteiger partial charge on any atom is -0.487 e. The highest BCUT2D eigenvalue weighted by Gasteiger charge is 2.48. The lowest BCUT2D eigenvalue weighted by atomic mass is 10.1. The van der Waals surface area contributed by atoms with Gasteiger partial charge in [0.15, 0.2) is 11.6 Å². The van der Waals surface area contributed by atoms with Crippen molar-refractivity contribution >= 4 is 11.9 Å². The number of aromatic nitrogens is 2. The minimum absolute atomic E-state index is 0.0706. The van der Waals surface area contributed by atoms with Crippen molar-refractivity contribution in [3.05, 3.63) is 47.9 Å². The number of nitrogens with zero attached hydrogens (tertiary/aromatic N) is 3. The predicted octanol–water partition coefficient (Wildman–Crippen LogP) is 4.32. The second-order valence-electron chi connectivity index (χ2n) is 9.35. The number of nitrogens with one attached hydrogen (secondary N) is 1. The smallest absolute Gasteiger partial charge is 0.408 e. The van der Waals surface area contributed by atoms with Gasteiger partial charge >= 0.3 is 6.09 Å². The zero-order valence-corrected chi connectivity index (χ0v) is 18.5. The Morgan fingerprint density at radius 3 is 2.44 bits per heavy atom. The summed E-state index contributed by atoms with van der Waals surface area (Å²) in [4.78, 5) is 23.4. The van der Waals surface area contributed by atoms with Crippen LogP contribution in [0.5, 0.6) is 5.75 Å². The Balaban J connectivity index is 1.32. The molecular formula is C23H28F2N4O3. The van der Waals surface area contributed by atoms with E-state index in [9.17, 15) is 13.6 Å². The standard InChI is InChI=1S/C23H28F2N4O3/c1-22(2,3)32-21(30)28-23(8-9-23)19-13-27-20(14-26-19)29-10-6-16(7-11-29)31-18-5-4-15(24)12-17(18)25/h4-5,12-14,16H,6-11H2,1-3H3,(H,28,30). The van der Waals surface area contributed by atoms with Crippen LogP contribution < -0.4 is 15.0 Å². The number of alkyl carbamates (subject to hydrolysis) is 1. The zero-order valence-electron chi connectivity index (χ0n) is 18.5. The summed E-state index contributed by atoms with van der Waals surface area (Å²) in [6, 6.07) is 3.33. The number of carbonyl (C=O) groups is 1. The molecule has 2 heterocycles. The van der Waals surface area contributed by atoms with E-state index in [0.29, 0.717) is 25.9 Å². The quantitative estimate of drug-likeness (QED) is 0.737. The van der Waals surface area contributed by atoms with Crippen molar-refractivity contribution in [3.8, 4) is 5.75 Å². The van der Waals surface area contributed by atoms with Crippen molar-refractivity contribution in [1.29, 1.82) is 0 Å². The number of hydrogen-bond donors (Lipinski definition) is 1. The number of benzene rings is 1. The van der Waals surface area contributed by atoms with E-state index < -0.39 is 28.9 Å². The molecular weight excluding hydrogens is 418 g/mol. The first-order chi connectivity index (χ1) is 15.1. The molecule has 7 nitrogen and oxygen atoms in total. The second kappa shape index (κ2) is 8.52. The van der Waals surface area contributed by atoms with Crippen LogP contribution in [-0.2, 0) is 10.3 Å². The molecule has 1 aliphatic carbocycles. The molecule has 1 saturated carbocycles. The molecule has 0 radical (unpaired) electrons. The first kappa shape index (κ1) is 22.2. The van der Waals surface area contributed by atoms with Crippen molar-refractivity contribution in [2.45, 2.75) is 63.7 Å². The highest BCUT2D eigenvalue weighted by atomic mass is 19.1. The fourth-order valence-electron chi connectivity index (χ4n) is 3.75. The van der Waals surface area contributed by atoms with E-state index in [-0.39, 0.29) is 11.9 Å². The maximum Gasteiger partial charge on any atom is 0.408 e. The molecule has 1 amide bonds. The van der Waals surface area contributed by atoms with Gasteiger partial charge < -0.3 is 19.7 Å². The Morgan fingerprint density at radius 2 is 1.88 bits per heavy atom. The summed E-state index contributed by atoms with van der Waals surface area (Å²) in [7, 11) is 0. The Kier molecular flexibility index (Phi) is 5.92. The van der Waals surface area contributed by atoms with Gasteiger partial charge in [0.2, 0.25) is 0 Å². The van der Waals surface area contributed by atoms with Gasteiger partial charge in [-0.3, -0.25) is 4.98 Å². The van der Waals surface area contributed by atoms with Crippen molar-refractivity contribution < 1.29 is 23.0 Å². The Morgan fingerprint density at radius 1 is 1.16 bits per heavy atom. The summed E-state index contributed by atoms with van der Waals surface area (Å²) >= 11 is 0. The molecule has 0 spiro atoms. The van der Waals surface area contributed by atoms with Crippen LogP contribution in [0, 0.1) is 11.6 Å². The lowest BCUT2D eigenvalue weighted by molar-refractivity contribution is 0.0493. The Hall–Kier alpha value is -2.97. The molecule has 1 aromatic carbocycles. The topological polar surface area (TPSA) is 76.6 Å². The van der Waals surface area contributed by atoms with Gasteiger partial charge in [-0.2, -0.15) is 0 Å². The van der Waals surface area contributed by atoms with E-state index in [4.69, 9.17) is 9.47 Å². The van der Waals surface area contributed by atoms with Gasteiger partial charge in [-0.25, -0.2) is 18.6 Å². The zero-order chi connectivity index (χ0) is 22.9. The molecule has 0 atom stereocenters. The van der Waals surface area contributed by atoms with Crippen molar-refractivity contribution in [2.75, 3.05) is 18.0 Å². The number of rotatable bonds is 5. The van der Waals surface area contributed by atoms with Gasteiger partial charge in [0.1, 0.15) is 23.3 Å². The van der Waals surface area contributed by atoms with E-state index in [1.165, 1.54) is 12.1 Å². The van der Waals surface area contributed by atoms with Crippen LogP contribution in [0.2, 0.25) is 0 Å². The summed E-state index contributed by atoms with van der Waals surface area (Å²) in [5.41, 5.74) is -0.348. The number of amides is 1. The molecule has 0 bridgehead atoms. The van der Waals surface area contributed by atoms with E-state index in [1.807, 2.05) is 20.8 Å². The molecule has 0 unspecified atom stereocenters. The monoisotopic (exact) mass is 446 g/mol. The first-order valence-electron chi connectivity index (χ1n) is 10.8. The molecule has 2 aliphatic rings. The molecule has 172 valence electrons. The third-order valence-electron chi connectivity index (χ3n) is 5.57. The molecule has 4 rings (SSSR count). The van der Waals surface area contributed by atoms with Crippen molar-refractivity contribution in [3.63, 3.8) is 0 Å². The van der Waals surface area contributed by atoms with Crippen LogP contribution in [0.25, 0.3) is 0 Å². The second-order valence-corrected chi connectivity index (χ2v) is 9.35. The maximum absolute atomic E-state index is 13.8. The summed E-state index contributed by atoms with van der Waals surface area (Å²) in [6.45, 7) is 6.84. The highest BCUT2D eigenvalue weighted by molar-refractivity contribution is 5.69. The summed E-state index contributed by atoms with van der Waals surface area (Å²) in [5.74, 6) is -0.502. The summed E-state index contributed by atoms with van der Waals surface area (Å²) < 4.78 is 37.9. The number of halogens is 2. The highest BCUT2D eigenvalue weighted by Crippen LogP contribution is 2.44. The predicted molar refractivity (Wildman–Crippen MR) is 115 cm³/mol. The van der Waals surface area contributed by atoms with Crippen molar-refractivity contribution in [2.24, 2.45) is 0 Å². The third kappa shape index (κ3) is 5.26. The maximum atomic E-state index is 13.8. The van der Waals surface area contributed by atoms with E-state index >= 15 is 0 Å². The van der Waals surface area contributed by atoms with Crippen LogP contribution >= 0.6 is 0 Å².